The van der Waals surface area contributed by atoms with E-state index in [-0.39, 0.29) is 0 Å². The number of hydrogen-bond donors (Lipinski definition) is 2. The van der Waals surface area contributed by atoms with Crippen molar-refractivity contribution in [2.75, 3.05) is 6.61 Å². The summed E-state index contributed by atoms with van der Waals surface area (Å²) in [7, 11) is 0. The molecule has 0 bridgehead atoms. The number of aliphatic imine (C=N–C) groups is 1. The van der Waals surface area contributed by atoms with Crippen LogP contribution in [0.3, 0.4) is 0 Å². The predicted molar refractivity (Wildman–Crippen MR) is 82.6 cm³/mol. The van der Waals surface area contributed by atoms with Gasteiger partial charge in [-0.25, -0.2) is 9.79 Å². The molecule has 114 valence electrons. The summed E-state index contributed by atoms with van der Waals surface area (Å²) < 4.78 is 5.13. The van der Waals surface area contributed by atoms with Gasteiger partial charge in [-0.3, -0.25) is 5.32 Å². The number of ether oxygens (including phenoxy) is 1. The van der Waals surface area contributed by atoms with Crippen LogP contribution in [0.4, 0.5) is 0 Å². The second-order valence-electron chi connectivity index (χ2n) is 4.91. The smallest absolute Gasteiger partial charge is 0.338 e. The van der Waals surface area contributed by atoms with Crippen LogP contribution in [0.5, 0.6) is 0 Å². The Bertz CT molecular complexity index is 668. The first-order chi connectivity index (χ1) is 10.6. The topological polar surface area (TPSA) is 86.5 Å². The number of benzene rings is 1. The minimum atomic E-state index is -0.503. The Kier molecular flexibility index (Phi) is 4.79. The lowest BCUT2D eigenvalue weighted by Gasteiger charge is -2.25. The molecule has 0 radical (unpaired) electrons. The summed E-state index contributed by atoms with van der Waals surface area (Å²) in [6, 6.07) is 7.26. The average molecular weight is 298 g/mol. The molecule has 0 aromatic heterocycles. The molecule has 0 fully saturated rings. The van der Waals surface area contributed by atoms with Crippen LogP contribution in [0.1, 0.15) is 31.0 Å². The minimum absolute atomic E-state index is 0.295. The van der Waals surface area contributed by atoms with Gasteiger partial charge < -0.3 is 10.1 Å². The Morgan fingerprint density at radius 1 is 1.41 bits per heavy atom. The van der Waals surface area contributed by atoms with E-state index in [1.807, 2.05) is 37.4 Å². The Morgan fingerprint density at radius 2 is 2.09 bits per heavy atom. The Labute approximate surface area is 129 Å². The summed E-state index contributed by atoms with van der Waals surface area (Å²) >= 11 is 0. The van der Waals surface area contributed by atoms with Crippen LogP contribution in [-0.2, 0) is 9.53 Å². The first-order valence-corrected chi connectivity index (χ1v) is 7.01. The molecule has 1 aliphatic heterocycles. The van der Waals surface area contributed by atoms with E-state index in [4.69, 9.17) is 10.00 Å². The number of nitrogens with zero attached hydrogens (tertiary/aromatic N) is 2. The molecule has 2 rings (SSSR count). The number of nitriles is 1. The summed E-state index contributed by atoms with van der Waals surface area (Å²) in [6.45, 7) is 5.81. The van der Waals surface area contributed by atoms with Crippen molar-refractivity contribution in [2.45, 2.75) is 26.8 Å². The molecular weight excluding hydrogens is 280 g/mol. The first kappa shape index (κ1) is 15.6. The van der Waals surface area contributed by atoms with E-state index < -0.39 is 12.0 Å². The van der Waals surface area contributed by atoms with Gasteiger partial charge in [0.15, 0.2) is 6.19 Å². The van der Waals surface area contributed by atoms with Crippen LogP contribution >= 0.6 is 0 Å². The van der Waals surface area contributed by atoms with Crippen LogP contribution in [0.25, 0.3) is 0 Å². The Balaban J connectivity index is 2.45. The minimum Gasteiger partial charge on any atom is -0.463 e. The maximum Gasteiger partial charge on any atom is 0.338 e. The molecular formula is C16H18N4O2. The van der Waals surface area contributed by atoms with Crippen LogP contribution in [0, 0.1) is 18.4 Å². The van der Waals surface area contributed by atoms with E-state index in [1.54, 1.807) is 13.8 Å². The lowest BCUT2D eigenvalue weighted by Crippen LogP contribution is -2.39. The maximum atomic E-state index is 12.2. The van der Waals surface area contributed by atoms with Crippen LogP contribution < -0.4 is 10.6 Å². The number of nitrogens with one attached hydrogen (secondary N) is 2. The largest absolute Gasteiger partial charge is 0.463 e. The van der Waals surface area contributed by atoms with Gasteiger partial charge in [0.2, 0.25) is 5.96 Å². The van der Waals surface area contributed by atoms with Crippen LogP contribution in [0.2, 0.25) is 0 Å². The molecule has 22 heavy (non-hydrogen) atoms. The molecule has 1 aliphatic rings. The van der Waals surface area contributed by atoms with Gasteiger partial charge in [0.1, 0.15) is 6.04 Å². The monoisotopic (exact) mass is 298 g/mol. The molecule has 6 heteroatoms. The van der Waals surface area contributed by atoms with E-state index in [0.29, 0.717) is 23.8 Å². The first-order valence-electron chi connectivity index (χ1n) is 7.01. The molecule has 1 atom stereocenters. The van der Waals surface area contributed by atoms with Crippen LogP contribution in [0.15, 0.2) is 40.5 Å². The summed E-state index contributed by atoms with van der Waals surface area (Å²) in [5.74, 6) is -0.0866. The standard InChI is InChI=1S/C16H18N4O2/c1-4-22-15(21)13-11(3)19-16(18-9-17)20-14(13)12-7-5-10(2)6-8-12/h5-8,14H,4H2,1-3H3,(H2,18,19,20). The third kappa shape index (κ3) is 3.26. The van der Waals surface area contributed by atoms with Gasteiger partial charge in [0, 0.05) is 5.70 Å². The molecule has 0 aliphatic carbocycles. The van der Waals surface area contributed by atoms with E-state index in [9.17, 15) is 4.79 Å². The van der Waals surface area contributed by atoms with Crippen molar-refractivity contribution in [3.05, 3.63) is 46.7 Å². The third-order valence-corrected chi connectivity index (χ3v) is 3.30. The molecule has 1 heterocycles. The van der Waals surface area contributed by atoms with Crippen molar-refractivity contribution in [3.63, 3.8) is 0 Å². The number of allylic oxidation sites excluding steroid dienone is 1. The summed E-state index contributed by atoms with van der Waals surface area (Å²) in [4.78, 5) is 16.7. The normalized spacial score (nSPS) is 17.2. The average Bonchev–Trinajstić information content (AvgIpc) is 2.48. The molecule has 0 amide bonds. The van der Waals surface area contributed by atoms with Gasteiger partial charge in [-0.1, -0.05) is 29.8 Å². The van der Waals surface area contributed by atoms with Gasteiger partial charge in [-0.15, -0.1) is 0 Å². The zero-order valence-corrected chi connectivity index (χ0v) is 12.8. The quantitative estimate of drug-likeness (QED) is 0.505. The highest BCUT2D eigenvalue weighted by Crippen LogP contribution is 2.31. The van der Waals surface area contributed by atoms with E-state index >= 15 is 0 Å². The number of aryl methyl sites for hydroxylation is 1. The summed E-state index contributed by atoms with van der Waals surface area (Å²) in [5, 5.41) is 14.2. The number of rotatable bonds is 3. The fourth-order valence-corrected chi connectivity index (χ4v) is 2.26. The number of hydrogen-bond acceptors (Lipinski definition) is 6. The predicted octanol–water partition coefficient (Wildman–Crippen LogP) is 1.90. The lowest BCUT2D eigenvalue weighted by atomic mass is 9.96. The summed E-state index contributed by atoms with van der Waals surface area (Å²) in [5.41, 5.74) is 3.06. The van der Waals surface area contributed by atoms with Gasteiger partial charge in [-0.05, 0) is 26.3 Å². The number of esters is 1. The van der Waals surface area contributed by atoms with E-state index in [2.05, 4.69) is 15.6 Å². The fraction of sp³-hybridized carbons (Fsp3) is 0.312. The molecule has 0 spiro atoms. The van der Waals surface area contributed by atoms with Crippen molar-refractivity contribution in [1.29, 1.82) is 5.26 Å². The highest BCUT2D eigenvalue weighted by molar-refractivity contribution is 5.95. The number of guanidine groups is 1. The van der Waals surface area contributed by atoms with Crippen LogP contribution in [-0.4, -0.2) is 18.5 Å². The highest BCUT2D eigenvalue weighted by Gasteiger charge is 2.30. The zero-order chi connectivity index (χ0) is 16.1. The van der Waals surface area contributed by atoms with Crippen molar-refractivity contribution < 1.29 is 9.53 Å². The van der Waals surface area contributed by atoms with Crippen molar-refractivity contribution in [1.82, 2.24) is 10.6 Å². The lowest BCUT2D eigenvalue weighted by molar-refractivity contribution is -0.138. The third-order valence-electron chi connectivity index (χ3n) is 3.30. The maximum absolute atomic E-state index is 12.2. The molecule has 6 nitrogen and oxygen atoms in total. The zero-order valence-electron chi connectivity index (χ0n) is 12.8. The van der Waals surface area contributed by atoms with Gasteiger partial charge in [0.25, 0.3) is 0 Å². The van der Waals surface area contributed by atoms with E-state index in [0.717, 1.165) is 11.1 Å². The van der Waals surface area contributed by atoms with Crippen molar-refractivity contribution >= 4 is 11.9 Å². The molecule has 1 aromatic carbocycles. The molecule has 1 aromatic rings. The second-order valence-corrected chi connectivity index (χ2v) is 4.91. The van der Waals surface area contributed by atoms with Gasteiger partial charge in [0.05, 0.1) is 12.2 Å². The van der Waals surface area contributed by atoms with Crippen molar-refractivity contribution in [2.24, 2.45) is 4.99 Å². The van der Waals surface area contributed by atoms with Crippen molar-refractivity contribution in [3.8, 4) is 6.19 Å². The molecule has 0 saturated carbocycles. The number of carbonyl (C=O) groups excluding carboxylic acids is 1. The Morgan fingerprint density at radius 3 is 2.68 bits per heavy atom. The Hall–Kier alpha value is -2.81. The number of carbonyl (C=O) groups is 1. The fourth-order valence-electron chi connectivity index (χ4n) is 2.26. The summed E-state index contributed by atoms with van der Waals surface area (Å²) in [6.07, 6.45) is 1.83. The molecule has 1 unspecified atom stereocenters. The molecule has 2 N–H and O–H groups in total. The van der Waals surface area contributed by atoms with Gasteiger partial charge in [-0.2, -0.15) is 5.26 Å². The second kappa shape index (κ2) is 6.76. The van der Waals surface area contributed by atoms with Gasteiger partial charge >= 0.3 is 5.97 Å². The SMILES string of the molecule is CCOC(=O)C1=C(C)NC(NC#N)=NC1c1ccc(C)cc1. The molecule has 0 saturated heterocycles. The van der Waals surface area contributed by atoms with E-state index in [1.165, 1.54) is 0 Å². The highest BCUT2D eigenvalue weighted by atomic mass is 16.5.